The van der Waals surface area contributed by atoms with E-state index >= 15 is 0 Å². The van der Waals surface area contributed by atoms with E-state index in [1.54, 1.807) is 6.07 Å². The van der Waals surface area contributed by atoms with E-state index < -0.39 is 17.0 Å². The Kier molecular flexibility index (Phi) is 6.66. The Labute approximate surface area is 116 Å². The van der Waals surface area contributed by atoms with E-state index in [-0.39, 0.29) is 0 Å². The van der Waals surface area contributed by atoms with Gasteiger partial charge in [-0.3, -0.25) is 4.98 Å². The van der Waals surface area contributed by atoms with Crippen LogP contribution in [0.25, 0.3) is 0 Å². The molecular formula is C13H20N2O3S. The third-order valence-corrected chi connectivity index (χ3v) is 3.98. The molecule has 19 heavy (non-hydrogen) atoms. The van der Waals surface area contributed by atoms with Crippen molar-refractivity contribution in [2.24, 2.45) is 0 Å². The van der Waals surface area contributed by atoms with Gasteiger partial charge in [-0.25, -0.2) is 13.3 Å². The molecule has 0 bridgehead atoms. The molecule has 0 aliphatic heterocycles. The molecule has 0 amide bonds. The summed E-state index contributed by atoms with van der Waals surface area (Å²) in [6, 6.07) is 1.58. The summed E-state index contributed by atoms with van der Waals surface area (Å²) in [5.74, 6) is -0.469. The van der Waals surface area contributed by atoms with Gasteiger partial charge >= 0.3 is 5.97 Å². The number of aromatic nitrogens is 1. The van der Waals surface area contributed by atoms with Crippen molar-refractivity contribution in [2.75, 3.05) is 20.2 Å². The molecular weight excluding hydrogens is 264 g/mol. The first-order valence-electron chi connectivity index (χ1n) is 6.34. The second-order valence-electron chi connectivity index (χ2n) is 4.08. The highest BCUT2D eigenvalue weighted by molar-refractivity contribution is 7.82. The minimum atomic E-state index is -1.29. The average Bonchev–Trinajstić information content (AvgIpc) is 2.45. The van der Waals surface area contributed by atoms with Crippen LogP contribution in [0, 0.1) is 0 Å². The molecule has 106 valence electrons. The molecule has 0 spiro atoms. The first-order valence-corrected chi connectivity index (χ1v) is 7.44. The lowest BCUT2D eigenvalue weighted by Crippen LogP contribution is -2.28. The van der Waals surface area contributed by atoms with E-state index in [1.165, 1.54) is 19.5 Å². The molecule has 1 atom stereocenters. The van der Waals surface area contributed by atoms with Gasteiger partial charge in [-0.1, -0.05) is 13.8 Å². The van der Waals surface area contributed by atoms with Crippen LogP contribution in [0.5, 0.6) is 0 Å². The Hall–Kier alpha value is -1.27. The molecule has 6 heteroatoms. The van der Waals surface area contributed by atoms with Gasteiger partial charge in [0.1, 0.15) is 11.0 Å². The average molecular weight is 284 g/mol. The molecule has 0 aliphatic rings. The molecule has 0 aromatic carbocycles. The zero-order valence-corrected chi connectivity index (χ0v) is 12.4. The lowest BCUT2D eigenvalue weighted by molar-refractivity contribution is 0.0600. The minimum Gasteiger partial charge on any atom is -0.465 e. The summed E-state index contributed by atoms with van der Waals surface area (Å²) in [4.78, 5) is 15.9. The third-order valence-electron chi connectivity index (χ3n) is 2.52. The second kappa shape index (κ2) is 8.01. The van der Waals surface area contributed by atoms with Crippen LogP contribution < -0.4 is 0 Å². The van der Waals surface area contributed by atoms with Gasteiger partial charge < -0.3 is 4.74 Å². The molecule has 1 unspecified atom stereocenters. The topological polar surface area (TPSA) is 59.5 Å². The molecule has 0 fully saturated rings. The number of hydrogen-bond acceptors (Lipinski definition) is 4. The Morgan fingerprint density at radius 2 is 1.95 bits per heavy atom. The maximum absolute atomic E-state index is 12.4. The maximum Gasteiger partial charge on any atom is 0.339 e. The predicted molar refractivity (Wildman–Crippen MR) is 74.1 cm³/mol. The first-order chi connectivity index (χ1) is 9.13. The van der Waals surface area contributed by atoms with Crippen molar-refractivity contribution in [1.82, 2.24) is 9.29 Å². The van der Waals surface area contributed by atoms with Crippen LogP contribution in [0.4, 0.5) is 0 Å². The Balaban J connectivity index is 2.94. The van der Waals surface area contributed by atoms with Crippen molar-refractivity contribution in [3.63, 3.8) is 0 Å². The fraction of sp³-hybridized carbons (Fsp3) is 0.538. The molecule has 1 heterocycles. The molecule has 1 rings (SSSR count). The van der Waals surface area contributed by atoms with E-state index in [0.717, 1.165) is 25.9 Å². The van der Waals surface area contributed by atoms with E-state index in [0.29, 0.717) is 10.5 Å². The summed E-state index contributed by atoms with van der Waals surface area (Å²) in [7, 11) is 0.0252. The van der Waals surface area contributed by atoms with E-state index in [9.17, 15) is 9.00 Å². The normalized spacial score (nSPS) is 12.4. The largest absolute Gasteiger partial charge is 0.465 e. The van der Waals surface area contributed by atoms with Crippen LogP contribution in [0.3, 0.4) is 0 Å². The van der Waals surface area contributed by atoms with Gasteiger partial charge in [0.25, 0.3) is 0 Å². The highest BCUT2D eigenvalue weighted by Crippen LogP contribution is 2.13. The lowest BCUT2D eigenvalue weighted by Gasteiger charge is -2.19. The molecule has 5 nitrogen and oxygen atoms in total. The van der Waals surface area contributed by atoms with Gasteiger partial charge in [0.15, 0.2) is 0 Å². The lowest BCUT2D eigenvalue weighted by atomic mass is 10.3. The number of rotatable bonds is 7. The van der Waals surface area contributed by atoms with Crippen molar-refractivity contribution in [3.05, 3.63) is 24.0 Å². The monoisotopic (exact) mass is 284 g/mol. The van der Waals surface area contributed by atoms with Crippen LogP contribution in [0.1, 0.15) is 37.0 Å². The highest BCUT2D eigenvalue weighted by Gasteiger charge is 2.16. The van der Waals surface area contributed by atoms with Crippen molar-refractivity contribution < 1.29 is 13.7 Å². The number of methoxy groups -OCH3 is 1. The molecule has 0 saturated carbocycles. The molecule has 0 saturated heterocycles. The van der Waals surface area contributed by atoms with Crippen molar-refractivity contribution in [1.29, 1.82) is 0 Å². The zero-order valence-electron chi connectivity index (χ0n) is 11.6. The minimum absolute atomic E-state index is 0.321. The molecule has 0 aliphatic carbocycles. The standard InChI is InChI=1S/C13H20N2O3S/c1-4-6-15(7-5-2)19(17)12-8-11(9-14-10-12)13(16)18-3/h8-10H,4-7H2,1-3H3. The van der Waals surface area contributed by atoms with Gasteiger partial charge in [0.2, 0.25) is 0 Å². The zero-order chi connectivity index (χ0) is 14.3. The SMILES string of the molecule is CCCN(CCC)S(=O)c1cncc(C(=O)OC)c1. The number of ether oxygens (including phenoxy) is 1. The Morgan fingerprint density at radius 1 is 1.32 bits per heavy atom. The van der Waals surface area contributed by atoms with Crippen molar-refractivity contribution in [3.8, 4) is 0 Å². The number of carbonyl (C=O) groups excluding carboxylic acids is 1. The summed E-state index contributed by atoms with van der Waals surface area (Å²) in [6.07, 6.45) is 4.79. The van der Waals surface area contributed by atoms with Gasteiger partial charge in [-0.15, -0.1) is 0 Å². The van der Waals surface area contributed by atoms with Gasteiger partial charge in [0.05, 0.1) is 17.6 Å². The van der Waals surface area contributed by atoms with Crippen LogP contribution in [0.2, 0.25) is 0 Å². The van der Waals surface area contributed by atoms with Gasteiger partial charge in [-0.05, 0) is 18.9 Å². The summed E-state index contributed by atoms with van der Waals surface area (Å²) in [5.41, 5.74) is 0.321. The Morgan fingerprint density at radius 3 is 2.47 bits per heavy atom. The number of carbonyl (C=O) groups is 1. The molecule has 0 radical (unpaired) electrons. The van der Waals surface area contributed by atoms with Crippen molar-refractivity contribution >= 4 is 17.0 Å². The quantitative estimate of drug-likeness (QED) is 0.719. The fourth-order valence-corrected chi connectivity index (χ4v) is 3.04. The fourth-order valence-electron chi connectivity index (χ4n) is 1.67. The van der Waals surface area contributed by atoms with E-state index in [1.807, 2.05) is 18.2 Å². The number of esters is 1. The summed E-state index contributed by atoms with van der Waals surface area (Å²) in [6.45, 7) is 5.60. The van der Waals surface area contributed by atoms with Crippen LogP contribution >= 0.6 is 0 Å². The summed E-state index contributed by atoms with van der Waals surface area (Å²) < 4.78 is 19.0. The van der Waals surface area contributed by atoms with Crippen LogP contribution in [-0.2, 0) is 15.7 Å². The van der Waals surface area contributed by atoms with E-state index in [4.69, 9.17) is 0 Å². The number of hydrogen-bond donors (Lipinski definition) is 0. The predicted octanol–water partition coefficient (Wildman–Crippen LogP) is 2.01. The molecule has 1 aromatic heterocycles. The van der Waals surface area contributed by atoms with E-state index in [2.05, 4.69) is 9.72 Å². The smallest absolute Gasteiger partial charge is 0.339 e. The van der Waals surface area contributed by atoms with Gasteiger partial charge in [0, 0.05) is 25.5 Å². The molecule has 1 aromatic rings. The first kappa shape index (κ1) is 15.8. The summed E-state index contributed by atoms with van der Waals surface area (Å²) in [5, 5.41) is 0. The van der Waals surface area contributed by atoms with Crippen LogP contribution in [-0.4, -0.2) is 39.7 Å². The number of nitrogens with zero attached hydrogens (tertiary/aromatic N) is 2. The second-order valence-corrected chi connectivity index (χ2v) is 5.57. The number of pyridine rings is 1. The molecule has 0 N–H and O–H groups in total. The Bertz CT molecular complexity index is 445. The van der Waals surface area contributed by atoms with Crippen molar-refractivity contribution in [2.45, 2.75) is 31.6 Å². The van der Waals surface area contributed by atoms with Crippen LogP contribution in [0.15, 0.2) is 23.4 Å². The highest BCUT2D eigenvalue weighted by atomic mass is 32.2. The summed E-state index contributed by atoms with van der Waals surface area (Å²) >= 11 is 0. The van der Waals surface area contributed by atoms with Gasteiger partial charge in [-0.2, -0.15) is 0 Å². The third kappa shape index (κ3) is 4.40. The maximum atomic E-state index is 12.4.